The van der Waals surface area contributed by atoms with Crippen molar-refractivity contribution in [1.82, 2.24) is 9.80 Å². The van der Waals surface area contributed by atoms with Gasteiger partial charge in [0.05, 0.1) is 33.9 Å². The summed E-state index contributed by atoms with van der Waals surface area (Å²) in [6.07, 6.45) is -0.289. The fourth-order valence-electron chi connectivity index (χ4n) is 2.57. The second-order valence-electron chi connectivity index (χ2n) is 5.64. The van der Waals surface area contributed by atoms with E-state index in [0.29, 0.717) is 36.0 Å². The maximum absolute atomic E-state index is 12.5. The Bertz CT molecular complexity index is 646. The Morgan fingerprint density at radius 2 is 2.29 bits per heavy atom. The third kappa shape index (κ3) is 4.49. The standard InChI is InChI=1S/C14H19N3O6S/c1-9-11(17(21)22)5-12(24-9)14(20)16-3-4-23-10(7-16)6-15(2)8-13(18)19/h5,10H,3-4,6-8H2,1-2H3,(H,18,19). The van der Waals surface area contributed by atoms with Crippen molar-refractivity contribution in [2.24, 2.45) is 0 Å². The highest BCUT2D eigenvalue weighted by molar-refractivity contribution is 7.14. The van der Waals surface area contributed by atoms with Crippen molar-refractivity contribution in [3.63, 3.8) is 0 Å². The molecule has 1 aromatic rings. The van der Waals surface area contributed by atoms with Gasteiger partial charge in [-0.1, -0.05) is 0 Å². The molecule has 1 saturated heterocycles. The van der Waals surface area contributed by atoms with Gasteiger partial charge in [-0.05, 0) is 14.0 Å². The quantitative estimate of drug-likeness (QED) is 0.592. The van der Waals surface area contributed by atoms with E-state index in [-0.39, 0.29) is 24.2 Å². The summed E-state index contributed by atoms with van der Waals surface area (Å²) in [6.45, 7) is 2.98. The number of amides is 1. The van der Waals surface area contributed by atoms with Crippen LogP contribution in [0.25, 0.3) is 0 Å². The Hall–Kier alpha value is -2.04. The van der Waals surface area contributed by atoms with Crippen molar-refractivity contribution in [1.29, 1.82) is 0 Å². The SMILES string of the molecule is Cc1sc(C(=O)N2CCOC(CN(C)CC(=O)O)C2)cc1[N+](=O)[O-]. The topological polar surface area (TPSA) is 113 Å². The van der Waals surface area contributed by atoms with E-state index < -0.39 is 10.9 Å². The third-order valence-electron chi connectivity index (χ3n) is 3.65. The molecule has 0 bridgehead atoms. The van der Waals surface area contributed by atoms with Gasteiger partial charge in [-0.25, -0.2) is 0 Å². The molecule has 132 valence electrons. The first kappa shape index (κ1) is 18.3. The van der Waals surface area contributed by atoms with E-state index in [1.165, 1.54) is 6.07 Å². The molecular formula is C14H19N3O6S. The first-order valence-electron chi connectivity index (χ1n) is 7.34. The molecule has 2 heterocycles. The monoisotopic (exact) mass is 357 g/mol. The van der Waals surface area contributed by atoms with Gasteiger partial charge in [0.1, 0.15) is 0 Å². The van der Waals surface area contributed by atoms with Crippen LogP contribution in [0.2, 0.25) is 0 Å². The Balaban J connectivity index is 2.01. The Kier molecular flexibility index (Phi) is 5.86. The minimum Gasteiger partial charge on any atom is -0.480 e. The van der Waals surface area contributed by atoms with Crippen molar-refractivity contribution < 1.29 is 24.4 Å². The molecule has 1 N–H and O–H groups in total. The summed E-state index contributed by atoms with van der Waals surface area (Å²) in [6, 6.07) is 1.31. The molecule has 10 heteroatoms. The minimum atomic E-state index is -0.928. The summed E-state index contributed by atoms with van der Waals surface area (Å²) in [5.74, 6) is -1.19. The van der Waals surface area contributed by atoms with Crippen molar-refractivity contribution in [3.8, 4) is 0 Å². The van der Waals surface area contributed by atoms with Crippen molar-refractivity contribution >= 4 is 28.9 Å². The number of aliphatic carboxylic acids is 1. The van der Waals surface area contributed by atoms with Gasteiger partial charge < -0.3 is 14.7 Å². The van der Waals surface area contributed by atoms with Gasteiger partial charge in [0.2, 0.25) is 0 Å². The largest absolute Gasteiger partial charge is 0.480 e. The number of rotatable bonds is 6. The lowest BCUT2D eigenvalue weighted by atomic mass is 10.2. The lowest BCUT2D eigenvalue weighted by Crippen LogP contribution is -2.49. The number of nitro groups is 1. The van der Waals surface area contributed by atoms with Gasteiger partial charge in [-0.3, -0.25) is 24.6 Å². The smallest absolute Gasteiger partial charge is 0.317 e. The average Bonchev–Trinajstić information content (AvgIpc) is 2.88. The van der Waals surface area contributed by atoms with Crippen LogP contribution in [0, 0.1) is 17.0 Å². The molecule has 1 aliphatic rings. The summed E-state index contributed by atoms with van der Waals surface area (Å²) in [5.41, 5.74) is -0.0469. The molecule has 0 radical (unpaired) electrons. The molecule has 1 aliphatic heterocycles. The van der Waals surface area contributed by atoms with Crippen LogP contribution in [-0.2, 0) is 9.53 Å². The van der Waals surface area contributed by atoms with E-state index >= 15 is 0 Å². The molecule has 2 rings (SSSR count). The third-order valence-corrected chi connectivity index (χ3v) is 4.67. The lowest BCUT2D eigenvalue weighted by Gasteiger charge is -2.34. The molecule has 1 aromatic heterocycles. The summed E-state index contributed by atoms with van der Waals surface area (Å²) in [5, 5.41) is 19.7. The number of thiophene rings is 1. The van der Waals surface area contributed by atoms with Gasteiger partial charge in [0, 0.05) is 25.7 Å². The fraction of sp³-hybridized carbons (Fsp3) is 0.571. The highest BCUT2D eigenvalue weighted by atomic mass is 32.1. The first-order chi connectivity index (χ1) is 11.3. The van der Waals surface area contributed by atoms with Gasteiger partial charge in [0.15, 0.2) is 0 Å². The number of nitrogens with zero attached hydrogens (tertiary/aromatic N) is 3. The second-order valence-corrected chi connectivity index (χ2v) is 6.90. The molecule has 0 aromatic carbocycles. The van der Waals surface area contributed by atoms with Gasteiger partial charge in [-0.15, -0.1) is 11.3 Å². The molecule has 0 aliphatic carbocycles. The minimum absolute atomic E-state index is 0.0469. The number of morpholine rings is 1. The number of likely N-dealkylation sites (N-methyl/N-ethyl adjacent to an activating group) is 1. The predicted molar refractivity (Wildman–Crippen MR) is 86.5 cm³/mol. The number of carboxylic acid groups (broad SMARTS) is 1. The molecule has 24 heavy (non-hydrogen) atoms. The lowest BCUT2D eigenvalue weighted by molar-refractivity contribution is -0.385. The maximum Gasteiger partial charge on any atom is 0.317 e. The number of carbonyl (C=O) groups is 2. The van der Waals surface area contributed by atoms with E-state index in [1.807, 2.05) is 0 Å². The van der Waals surface area contributed by atoms with Crippen LogP contribution < -0.4 is 0 Å². The van der Waals surface area contributed by atoms with Crippen LogP contribution in [0.15, 0.2) is 6.07 Å². The number of hydrogen-bond donors (Lipinski definition) is 1. The second kappa shape index (κ2) is 7.69. The molecular weight excluding hydrogens is 338 g/mol. The first-order valence-corrected chi connectivity index (χ1v) is 8.15. The molecule has 0 spiro atoms. The number of hydrogen-bond acceptors (Lipinski definition) is 7. The van der Waals surface area contributed by atoms with E-state index in [0.717, 1.165) is 11.3 Å². The Morgan fingerprint density at radius 1 is 1.58 bits per heavy atom. The van der Waals surface area contributed by atoms with Crippen LogP contribution >= 0.6 is 11.3 Å². The molecule has 9 nitrogen and oxygen atoms in total. The van der Waals surface area contributed by atoms with Crippen molar-refractivity contribution in [3.05, 3.63) is 25.9 Å². The predicted octanol–water partition coefficient (Wildman–Crippen LogP) is 0.822. The fourth-order valence-corrected chi connectivity index (χ4v) is 3.53. The molecule has 1 fully saturated rings. The summed E-state index contributed by atoms with van der Waals surface area (Å²) in [4.78, 5) is 37.7. The zero-order chi connectivity index (χ0) is 17.9. The highest BCUT2D eigenvalue weighted by Crippen LogP contribution is 2.29. The van der Waals surface area contributed by atoms with Crippen LogP contribution in [0.3, 0.4) is 0 Å². The molecule has 1 unspecified atom stereocenters. The average molecular weight is 357 g/mol. The summed E-state index contributed by atoms with van der Waals surface area (Å²) >= 11 is 1.11. The zero-order valence-corrected chi connectivity index (χ0v) is 14.2. The molecule has 1 amide bonds. The number of ether oxygens (including phenoxy) is 1. The Morgan fingerprint density at radius 3 is 2.88 bits per heavy atom. The number of carbonyl (C=O) groups excluding carboxylic acids is 1. The van der Waals surface area contributed by atoms with Crippen LogP contribution in [0.1, 0.15) is 14.5 Å². The highest BCUT2D eigenvalue weighted by Gasteiger charge is 2.29. The maximum atomic E-state index is 12.5. The van der Waals surface area contributed by atoms with Crippen LogP contribution in [0.5, 0.6) is 0 Å². The van der Waals surface area contributed by atoms with Crippen LogP contribution in [0.4, 0.5) is 5.69 Å². The van der Waals surface area contributed by atoms with Crippen LogP contribution in [-0.4, -0.2) is 77.6 Å². The van der Waals surface area contributed by atoms with E-state index in [2.05, 4.69) is 0 Å². The number of carboxylic acids is 1. The zero-order valence-electron chi connectivity index (χ0n) is 13.4. The van der Waals surface area contributed by atoms with E-state index in [4.69, 9.17) is 9.84 Å². The van der Waals surface area contributed by atoms with Gasteiger partial charge in [0.25, 0.3) is 11.6 Å². The molecule has 1 atom stereocenters. The van der Waals surface area contributed by atoms with E-state index in [9.17, 15) is 19.7 Å². The van der Waals surface area contributed by atoms with Crippen molar-refractivity contribution in [2.75, 3.05) is 39.8 Å². The van der Waals surface area contributed by atoms with Crippen molar-refractivity contribution in [2.45, 2.75) is 13.0 Å². The Labute approximate surface area is 142 Å². The van der Waals surface area contributed by atoms with E-state index in [1.54, 1.807) is 23.8 Å². The molecule has 0 saturated carbocycles. The normalized spacial score (nSPS) is 18.0. The summed E-state index contributed by atoms with van der Waals surface area (Å²) in [7, 11) is 1.67. The van der Waals surface area contributed by atoms with Gasteiger partial charge in [-0.2, -0.15) is 0 Å². The number of aryl methyl sites for hydroxylation is 1. The summed E-state index contributed by atoms with van der Waals surface area (Å²) < 4.78 is 5.58. The van der Waals surface area contributed by atoms with Gasteiger partial charge >= 0.3 is 5.97 Å².